The molecule has 1 N–H and O–H groups in total. The number of amides is 1. The summed E-state index contributed by atoms with van der Waals surface area (Å²) in [6, 6.07) is 3.69. The maximum absolute atomic E-state index is 12.8. The molecular weight excluding hydrogens is 476 g/mol. The molecule has 10 heteroatoms. The first-order valence-electron chi connectivity index (χ1n) is 12.5. The fourth-order valence-corrected chi connectivity index (χ4v) is 4.38. The summed E-state index contributed by atoms with van der Waals surface area (Å²) >= 11 is 0. The van der Waals surface area contributed by atoms with Crippen LogP contribution in [0.25, 0.3) is 11.0 Å². The molecule has 0 unspecified atom stereocenters. The van der Waals surface area contributed by atoms with Gasteiger partial charge in [0.1, 0.15) is 5.65 Å². The second kappa shape index (κ2) is 11.9. The van der Waals surface area contributed by atoms with Gasteiger partial charge in [-0.1, -0.05) is 0 Å². The number of nitrogens with one attached hydrogen (secondary N) is 1. The Hall–Kier alpha value is -3.82. The third-order valence-corrected chi connectivity index (χ3v) is 6.23. The molecule has 37 heavy (non-hydrogen) atoms. The molecule has 0 aliphatic rings. The molecule has 1 amide bonds. The number of hydrogen-bond acceptors (Lipinski definition) is 7. The summed E-state index contributed by atoms with van der Waals surface area (Å²) < 4.78 is 19.7. The molecule has 0 saturated carbocycles. The molecule has 0 fully saturated rings. The number of nitrogens with zero attached hydrogens (tertiary/aromatic N) is 3. The summed E-state index contributed by atoms with van der Waals surface area (Å²) in [5, 5.41) is 3.35. The van der Waals surface area contributed by atoms with Crippen molar-refractivity contribution in [2.75, 3.05) is 19.8 Å². The van der Waals surface area contributed by atoms with E-state index in [4.69, 9.17) is 14.2 Å². The predicted octanol–water partition coefficient (Wildman–Crippen LogP) is 2.69. The number of fused-ring (bicyclic) bond motifs is 1. The highest BCUT2D eigenvalue weighted by Gasteiger charge is 2.18. The predicted molar refractivity (Wildman–Crippen MR) is 142 cm³/mol. The van der Waals surface area contributed by atoms with Crippen LogP contribution in [0.2, 0.25) is 0 Å². The molecule has 0 spiro atoms. The number of hydrogen-bond donors (Lipinski definition) is 1. The molecule has 0 bridgehead atoms. The van der Waals surface area contributed by atoms with Gasteiger partial charge < -0.3 is 19.5 Å². The van der Waals surface area contributed by atoms with E-state index in [1.54, 1.807) is 7.05 Å². The second-order valence-corrected chi connectivity index (χ2v) is 8.70. The van der Waals surface area contributed by atoms with Crippen molar-refractivity contribution >= 4 is 16.9 Å². The van der Waals surface area contributed by atoms with Gasteiger partial charge in [0, 0.05) is 32.8 Å². The summed E-state index contributed by atoms with van der Waals surface area (Å²) in [5.74, 6) is 1.56. The van der Waals surface area contributed by atoms with Gasteiger partial charge in [-0.15, -0.1) is 0 Å². The zero-order valence-corrected chi connectivity index (χ0v) is 22.7. The van der Waals surface area contributed by atoms with Crippen LogP contribution in [-0.2, 0) is 31.9 Å². The highest BCUT2D eigenvalue weighted by atomic mass is 16.5. The Labute approximate surface area is 216 Å². The largest absolute Gasteiger partial charge is 0.490 e. The molecule has 2 heterocycles. The van der Waals surface area contributed by atoms with Gasteiger partial charge in [-0.2, -0.15) is 0 Å². The van der Waals surface area contributed by atoms with E-state index in [0.29, 0.717) is 66.8 Å². The lowest BCUT2D eigenvalue weighted by Gasteiger charge is -2.17. The van der Waals surface area contributed by atoms with Crippen LogP contribution < -0.4 is 30.8 Å². The number of carbonyl (C=O) groups is 1. The number of pyridine rings is 1. The third kappa shape index (κ3) is 5.79. The first-order valence-corrected chi connectivity index (χ1v) is 12.5. The van der Waals surface area contributed by atoms with E-state index >= 15 is 0 Å². The molecule has 0 radical (unpaired) electrons. The molecule has 0 saturated heterocycles. The number of benzene rings is 1. The minimum absolute atomic E-state index is 0.142. The van der Waals surface area contributed by atoms with Gasteiger partial charge >= 0.3 is 5.69 Å². The third-order valence-electron chi connectivity index (χ3n) is 6.23. The van der Waals surface area contributed by atoms with Crippen molar-refractivity contribution in [1.29, 1.82) is 0 Å². The fourth-order valence-electron chi connectivity index (χ4n) is 4.38. The average molecular weight is 513 g/mol. The Balaban J connectivity index is 1.79. The Morgan fingerprint density at radius 2 is 1.54 bits per heavy atom. The average Bonchev–Trinajstić information content (AvgIpc) is 2.86. The number of aromatic nitrogens is 3. The Kier molecular flexibility index (Phi) is 8.96. The number of ether oxygens (including phenoxy) is 3. The summed E-state index contributed by atoms with van der Waals surface area (Å²) in [4.78, 5) is 42.4. The Morgan fingerprint density at radius 1 is 0.946 bits per heavy atom. The summed E-state index contributed by atoms with van der Waals surface area (Å²) in [6.07, 6.45) is 0.630. The molecule has 1 aromatic carbocycles. The molecule has 3 aromatic rings. The summed E-state index contributed by atoms with van der Waals surface area (Å²) in [6.45, 7) is 11.0. The van der Waals surface area contributed by atoms with E-state index in [-0.39, 0.29) is 17.9 Å². The van der Waals surface area contributed by atoms with Crippen LogP contribution in [0.4, 0.5) is 0 Å². The van der Waals surface area contributed by atoms with E-state index in [1.165, 1.54) is 11.6 Å². The maximum atomic E-state index is 12.8. The van der Waals surface area contributed by atoms with Gasteiger partial charge in [0.2, 0.25) is 11.7 Å². The zero-order chi connectivity index (χ0) is 27.3. The SMILES string of the molecule is CCOc1cc(CNC(=O)CCc2c(C)nc3c(c2C)c(=O)n(C)c(=O)n3C)cc(OCC)c1OCC. The van der Waals surface area contributed by atoms with Gasteiger partial charge in [-0.25, -0.2) is 9.78 Å². The second-order valence-electron chi connectivity index (χ2n) is 8.70. The lowest BCUT2D eigenvalue weighted by atomic mass is 10.00. The minimum Gasteiger partial charge on any atom is -0.490 e. The van der Waals surface area contributed by atoms with Crippen LogP contribution in [0, 0.1) is 13.8 Å². The van der Waals surface area contributed by atoms with Crippen LogP contribution in [0.3, 0.4) is 0 Å². The molecule has 10 nitrogen and oxygen atoms in total. The van der Waals surface area contributed by atoms with Crippen molar-refractivity contribution in [3.63, 3.8) is 0 Å². The van der Waals surface area contributed by atoms with Crippen molar-refractivity contribution in [3.05, 3.63) is 55.4 Å². The van der Waals surface area contributed by atoms with Crippen LogP contribution >= 0.6 is 0 Å². The molecule has 0 aliphatic heterocycles. The quantitative estimate of drug-likeness (QED) is 0.420. The monoisotopic (exact) mass is 512 g/mol. The first kappa shape index (κ1) is 27.8. The van der Waals surface area contributed by atoms with Crippen molar-refractivity contribution < 1.29 is 19.0 Å². The first-order chi connectivity index (χ1) is 17.6. The van der Waals surface area contributed by atoms with Crippen LogP contribution in [0.5, 0.6) is 17.2 Å². The van der Waals surface area contributed by atoms with Gasteiger partial charge in [-0.3, -0.25) is 18.7 Å². The highest BCUT2D eigenvalue weighted by molar-refractivity contribution is 5.80. The van der Waals surface area contributed by atoms with Crippen molar-refractivity contribution in [2.24, 2.45) is 14.1 Å². The molecule has 0 aliphatic carbocycles. The van der Waals surface area contributed by atoms with Crippen molar-refractivity contribution in [2.45, 2.75) is 54.0 Å². The lowest BCUT2D eigenvalue weighted by Crippen LogP contribution is -2.38. The Morgan fingerprint density at radius 3 is 2.11 bits per heavy atom. The van der Waals surface area contributed by atoms with Crippen LogP contribution in [-0.4, -0.2) is 39.8 Å². The molecular formula is C27H36N4O6. The molecule has 200 valence electrons. The summed E-state index contributed by atoms with van der Waals surface area (Å²) in [7, 11) is 3.04. The number of rotatable bonds is 11. The van der Waals surface area contributed by atoms with Crippen molar-refractivity contribution in [1.82, 2.24) is 19.4 Å². The van der Waals surface area contributed by atoms with Crippen LogP contribution in [0.1, 0.15) is 49.6 Å². The summed E-state index contributed by atoms with van der Waals surface area (Å²) in [5.41, 5.74) is 2.62. The smallest absolute Gasteiger partial charge is 0.332 e. The zero-order valence-electron chi connectivity index (χ0n) is 22.7. The highest BCUT2D eigenvalue weighted by Crippen LogP contribution is 2.39. The van der Waals surface area contributed by atoms with E-state index < -0.39 is 5.69 Å². The van der Waals surface area contributed by atoms with Gasteiger partial charge in [0.05, 0.1) is 25.2 Å². The van der Waals surface area contributed by atoms with Gasteiger partial charge in [0.25, 0.3) is 5.56 Å². The topological polar surface area (TPSA) is 114 Å². The van der Waals surface area contributed by atoms with Gasteiger partial charge in [-0.05, 0) is 69.9 Å². The van der Waals surface area contributed by atoms with E-state index in [9.17, 15) is 14.4 Å². The number of carbonyl (C=O) groups excluding carboxylic acids is 1. The normalized spacial score (nSPS) is 11.0. The molecule has 0 atom stereocenters. The van der Waals surface area contributed by atoms with Crippen molar-refractivity contribution in [3.8, 4) is 17.2 Å². The van der Waals surface area contributed by atoms with E-state index in [0.717, 1.165) is 21.3 Å². The molecule has 2 aromatic heterocycles. The fraction of sp³-hybridized carbons (Fsp3) is 0.481. The van der Waals surface area contributed by atoms with Gasteiger partial charge in [0.15, 0.2) is 11.5 Å². The lowest BCUT2D eigenvalue weighted by molar-refractivity contribution is -0.121. The van der Waals surface area contributed by atoms with E-state index in [1.807, 2.05) is 46.8 Å². The Bertz CT molecular complexity index is 1400. The molecule has 3 rings (SSSR count). The van der Waals surface area contributed by atoms with Crippen LogP contribution in [0.15, 0.2) is 21.7 Å². The standard InChI is InChI=1S/C27H36N4O6/c1-8-35-20-13-18(14-21(36-9-2)24(20)37-10-3)15-28-22(32)12-11-19-16(4)23-25(29-17(19)5)30(6)27(34)31(7)26(23)33/h13-14H,8-12,15H2,1-7H3,(H,28,32). The minimum atomic E-state index is -0.426. The number of aryl methyl sites for hydroxylation is 3. The maximum Gasteiger partial charge on any atom is 0.332 e. The van der Waals surface area contributed by atoms with E-state index in [2.05, 4.69) is 10.3 Å².